The molecule has 4 saturated carbocycles. The number of allylic oxidation sites excluding steroid dienone is 1. The van der Waals surface area contributed by atoms with Gasteiger partial charge >= 0.3 is 5.97 Å². The molecule has 89 heavy (non-hydrogen) atoms. The molecule has 10 N–H and O–H groups in total. The summed E-state index contributed by atoms with van der Waals surface area (Å²) in [6, 6.07) is 27.3. The van der Waals surface area contributed by atoms with Gasteiger partial charge in [-0.15, -0.1) is 0 Å². The number of hydrogen-bond acceptors (Lipinski definition) is 14. The summed E-state index contributed by atoms with van der Waals surface area (Å²) in [5, 5.41) is 84.7. The van der Waals surface area contributed by atoms with Crippen LogP contribution in [0.1, 0.15) is 123 Å². The number of aromatic nitrogens is 3. The van der Waals surface area contributed by atoms with E-state index in [4.69, 9.17) is 14.2 Å². The SMILES string of the molecule is COc1cc2c(cc1O)C1=C[C@H]3C[C@@]4(C[C@]5(C[C@H]4C=O)N[C@H]4[C@H](CCC[C@@H]4O)C[C@@H]5n4c(-c5cccc(O)c5)cc5[nH]ccc54)[C@@H]4C[C@H](O)CC[C@@H]4[C@H]3[C@@H]2CC(=O)C[C@@H]([C@H](O)Cc2ccc(O)c(OCCO)c2)OC(=O)CC#CCc2c1[nH]c1ccccc21. The van der Waals surface area contributed by atoms with Crippen LogP contribution in [0.25, 0.3) is 38.8 Å². The third-order valence-electron chi connectivity index (χ3n) is 22.0. The summed E-state index contributed by atoms with van der Waals surface area (Å²) >= 11 is 0. The first-order chi connectivity index (χ1) is 43.2. The van der Waals surface area contributed by atoms with Crippen LogP contribution in [0.2, 0.25) is 0 Å². The summed E-state index contributed by atoms with van der Waals surface area (Å²) in [4.78, 5) is 51.6. The lowest BCUT2D eigenvalue weighted by atomic mass is 9.46. The number of aliphatic hydroxyl groups is 4. The van der Waals surface area contributed by atoms with Crippen LogP contribution in [0.5, 0.6) is 28.7 Å². The normalized spacial score (nSPS) is 31.3. The molecule has 7 aromatic rings. The third kappa shape index (κ3) is 10.4. The Labute approximate surface area is 516 Å². The van der Waals surface area contributed by atoms with Crippen LogP contribution in [0, 0.1) is 52.8 Å². The molecule has 3 aromatic heterocycles. The minimum absolute atomic E-state index is 0.0653. The minimum atomic E-state index is -1.40. The highest BCUT2D eigenvalue weighted by atomic mass is 16.6. The van der Waals surface area contributed by atoms with Crippen molar-refractivity contribution in [2.24, 2.45) is 40.9 Å². The highest BCUT2D eigenvalue weighted by Crippen LogP contribution is 2.70. The van der Waals surface area contributed by atoms with Gasteiger partial charge in [-0.25, -0.2) is 0 Å². The van der Waals surface area contributed by atoms with E-state index in [1.54, 1.807) is 30.3 Å². The summed E-state index contributed by atoms with van der Waals surface area (Å²) in [5.41, 5.74) is 7.51. The lowest BCUT2D eigenvalue weighted by molar-refractivity contribution is -0.155. The van der Waals surface area contributed by atoms with Crippen molar-refractivity contribution in [1.29, 1.82) is 0 Å². The summed E-state index contributed by atoms with van der Waals surface area (Å²) in [5.74, 6) is 3.58. The number of nitrogens with one attached hydrogen (secondary N) is 3. The number of aldehydes is 1. The molecule has 1 saturated heterocycles. The Bertz CT molecular complexity index is 3980. The van der Waals surface area contributed by atoms with Crippen molar-refractivity contribution in [1.82, 2.24) is 19.9 Å². The van der Waals surface area contributed by atoms with Crippen molar-refractivity contribution in [2.45, 2.75) is 144 Å². The molecule has 5 aliphatic carbocycles. The lowest BCUT2D eigenvalue weighted by Crippen LogP contribution is -2.65. The Morgan fingerprint density at radius 2 is 1.73 bits per heavy atom. The van der Waals surface area contributed by atoms with Gasteiger partial charge in [0, 0.05) is 71.4 Å². The van der Waals surface area contributed by atoms with Gasteiger partial charge in [-0.05, 0) is 176 Å². The van der Waals surface area contributed by atoms with Gasteiger partial charge < -0.3 is 74.6 Å². The number of Topliss-reactive ketones (excluding diaryl/α,β-unsaturated/α-hetero) is 1. The zero-order chi connectivity index (χ0) is 61.5. The van der Waals surface area contributed by atoms with E-state index in [0.717, 1.165) is 74.9 Å². The monoisotopic (exact) mass is 1210 g/mol. The molecule has 0 amide bonds. The highest BCUT2D eigenvalue weighted by molar-refractivity contribution is 5.95. The second-order valence-corrected chi connectivity index (χ2v) is 26.8. The van der Waals surface area contributed by atoms with Crippen molar-refractivity contribution >= 4 is 45.5 Å². The van der Waals surface area contributed by atoms with Gasteiger partial charge in [0.15, 0.2) is 23.0 Å². The first-order valence-electron chi connectivity index (χ1n) is 31.9. The van der Waals surface area contributed by atoms with E-state index < -0.39 is 53.2 Å². The molecular formula is C72H78N4O13. The van der Waals surface area contributed by atoms with E-state index >= 15 is 4.79 Å². The largest absolute Gasteiger partial charge is 0.508 e. The molecule has 17 heteroatoms. The van der Waals surface area contributed by atoms with Crippen LogP contribution in [0.4, 0.5) is 0 Å². The molecule has 5 heterocycles. The number of H-pyrrole nitrogens is 2. The van der Waals surface area contributed by atoms with Crippen molar-refractivity contribution in [3.63, 3.8) is 0 Å². The van der Waals surface area contributed by atoms with Crippen molar-refractivity contribution in [3.05, 3.63) is 131 Å². The maximum absolute atomic E-state index is 15.6. The summed E-state index contributed by atoms with van der Waals surface area (Å²) in [6.45, 7) is -0.367. The lowest BCUT2D eigenvalue weighted by Gasteiger charge is -2.59. The van der Waals surface area contributed by atoms with Crippen molar-refractivity contribution in [3.8, 4) is 51.8 Å². The Hall–Kier alpha value is -7.85. The van der Waals surface area contributed by atoms with Crippen molar-refractivity contribution in [2.75, 3.05) is 20.3 Å². The number of benzene rings is 4. The quantitative estimate of drug-likeness (QED) is 0.0347. The molecule has 7 aliphatic rings. The topological polar surface area (TPSA) is 269 Å². The smallest absolute Gasteiger partial charge is 0.318 e. The fourth-order valence-corrected chi connectivity index (χ4v) is 18.5. The molecule has 4 aromatic carbocycles. The summed E-state index contributed by atoms with van der Waals surface area (Å²) in [6.07, 6.45) is 7.14. The van der Waals surface area contributed by atoms with E-state index in [-0.39, 0.29) is 122 Å². The molecular weight excluding hydrogens is 1130 g/mol. The number of fused-ring (bicyclic) bond motifs is 11. The molecule has 15 atom stereocenters. The standard InChI is InChI=1S/C72H78N4O13/c1-87-63-33-51-50(32-62(63)85)53-27-42-35-71(38-72(36-43(71)37-78)66(28-41-9-7-14-60(83)69(41)75-72)76-57-20-21-73-56(57)34-58(76)40-8-6-10-44(79)26-40)54-30-45(80)17-18-49(54)68(42)52(51)29-46(81)31-65(61(84)24-39-16-19-59(82)64(25-39)88-23-22-77)89-67(86)15-5-3-12-48-47-11-2-4-13-55(47)74-70(48)53/h2,4,6,8,10-11,13,16,19-21,25-27,32-34,37,41-43,45,49,52,54,60-61,65-66,68-69,73-75,77,79-80,82-85H,7,9,12,14-15,17-18,22-24,28-31,35-36,38H2,1H3/t41-,42+,43+,45-,49+,52-,54-,60+,61-,65+,66+,68+,69+,71+,72+/m1/s1. The number of carbonyl (C=O) groups excluding carboxylic acids is 3. The van der Waals surface area contributed by atoms with E-state index in [2.05, 4.69) is 49.9 Å². The number of phenolic OH excluding ortho intramolecular Hbond substituents is 3. The predicted molar refractivity (Wildman–Crippen MR) is 333 cm³/mol. The van der Waals surface area contributed by atoms with Gasteiger partial charge in [0.1, 0.15) is 37.0 Å². The first kappa shape index (κ1) is 58.8. The average molecular weight is 1210 g/mol. The average Bonchev–Trinajstić information content (AvgIpc) is 1.56. The summed E-state index contributed by atoms with van der Waals surface area (Å²) in [7, 11) is 1.50. The Morgan fingerprint density at radius 3 is 2.56 bits per heavy atom. The highest BCUT2D eigenvalue weighted by Gasteiger charge is 2.68. The van der Waals surface area contributed by atoms with Gasteiger partial charge in [0.2, 0.25) is 0 Å². The van der Waals surface area contributed by atoms with Crippen LogP contribution in [-0.2, 0) is 32.0 Å². The second-order valence-electron chi connectivity index (χ2n) is 26.8. The van der Waals surface area contributed by atoms with Gasteiger partial charge in [0.05, 0.1) is 60.5 Å². The number of hydrogen-bond donors (Lipinski definition) is 10. The molecule has 0 radical (unpaired) electrons. The number of para-hydroxylation sites is 1. The molecule has 0 unspecified atom stereocenters. The van der Waals surface area contributed by atoms with Crippen molar-refractivity contribution < 1.29 is 64.3 Å². The van der Waals surface area contributed by atoms with E-state index in [1.807, 2.05) is 48.7 Å². The number of phenols is 3. The Kier molecular flexibility index (Phi) is 15.5. The number of nitrogens with zero attached hydrogens (tertiary/aromatic N) is 1. The number of methoxy groups -OCH3 is 1. The fourth-order valence-electron chi connectivity index (χ4n) is 18.5. The van der Waals surface area contributed by atoms with E-state index in [1.165, 1.54) is 19.5 Å². The maximum atomic E-state index is 15.6. The van der Waals surface area contributed by atoms with Crippen LogP contribution >= 0.6 is 0 Å². The number of rotatable bonds is 10. The van der Waals surface area contributed by atoms with Crippen LogP contribution in [-0.4, -0.2) is 125 Å². The number of carbonyl (C=O) groups is 3. The molecule has 2 aliphatic heterocycles. The Balaban J connectivity index is 0.944. The molecule has 2 spiro atoms. The summed E-state index contributed by atoms with van der Waals surface area (Å²) < 4.78 is 20.1. The molecule has 17 nitrogen and oxygen atoms in total. The van der Waals surface area contributed by atoms with Gasteiger partial charge in [-0.3, -0.25) is 9.59 Å². The molecule has 464 valence electrons. The first-order valence-corrected chi connectivity index (χ1v) is 31.9. The van der Waals surface area contributed by atoms with Gasteiger partial charge in [-0.1, -0.05) is 60.7 Å². The number of aliphatic hydroxyl groups excluding tert-OH is 4. The van der Waals surface area contributed by atoms with Crippen LogP contribution in [0.3, 0.4) is 0 Å². The van der Waals surface area contributed by atoms with Gasteiger partial charge in [-0.2, -0.15) is 0 Å². The van der Waals surface area contributed by atoms with Crippen LogP contribution < -0.4 is 14.8 Å². The van der Waals surface area contributed by atoms with E-state index in [0.29, 0.717) is 56.1 Å². The molecule has 5 fully saturated rings. The van der Waals surface area contributed by atoms with E-state index in [9.17, 15) is 45.3 Å². The number of piperidine rings is 1. The van der Waals surface area contributed by atoms with Crippen LogP contribution in [0.15, 0.2) is 103 Å². The fraction of sp³-hybridized carbons (Fsp3) is 0.458. The number of esters is 1. The Morgan fingerprint density at radius 1 is 0.876 bits per heavy atom. The zero-order valence-corrected chi connectivity index (χ0v) is 49.9. The number of cyclic esters (lactones) is 1. The molecule has 2 bridgehead atoms. The number of aromatic hydroxyl groups is 3. The molecule has 14 rings (SSSR count). The zero-order valence-electron chi connectivity index (χ0n) is 49.9. The predicted octanol–water partition coefficient (Wildman–Crippen LogP) is 9.47. The third-order valence-corrected chi connectivity index (χ3v) is 22.0. The number of aromatic amines is 2. The number of ketones is 1. The number of ether oxygens (including phenoxy) is 3. The second kappa shape index (κ2) is 23.5. The maximum Gasteiger partial charge on any atom is 0.318 e. The minimum Gasteiger partial charge on any atom is -0.508 e. The van der Waals surface area contributed by atoms with Gasteiger partial charge in [0.25, 0.3) is 0 Å².